The van der Waals surface area contributed by atoms with Crippen LogP contribution in [0.3, 0.4) is 0 Å². The van der Waals surface area contributed by atoms with Gasteiger partial charge in [-0.1, -0.05) is 48.3 Å². The summed E-state index contributed by atoms with van der Waals surface area (Å²) < 4.78 is 11.4. The second kappa shape index (κ2) is 12.0. The van der Waals surface area contributed by atoms with Gasteiger partial charge in [0.2, 0.25) is 0 Å². The first-order chi connectivity index (χ1) is 16.0. The second-order valence-corrected chi connectivity index (χ2v) is 7.90. The van der Waals surface area contributed by atoms with Gasteiger partial charge in [0.05, 0.1) is 6.61 Å². The number of carbonyl (C=O) groups excluding carboxylic acids is 1. The molecule has 3 aromatic rings. The average molecular weight is 481 g/mol. The number of ether oxygens (including phenoxy) is 2. The molecule has 0 fully saturated rings. The van der Waals surface area contributed by atoms with Crippen molar-refractivity contribution in [3.05, 3.63) is 93.5 Å². The summed E-state index contributed by atoms with van der Waals surface area (Å²) in [4.78, 5) is 12.7. The number of anilines is 1. The third kappa shape index (κ3) is 7.01. The first-order valence-corrected chi connectivity index (χ1v) is 11.1. The molecule has 0 atom stereocenters. The number of hydrogen-bond donors (Lipinski definition) is 1. The number of benzene rings is 3. The van der Waals surface area contributed by atoms with E-state index in [1.165, 1.54) is 6.08 Å². The molecule has 1 amide bonds. The molecule has 5 nitrogen and oxygen atoms in total. The SMILES string of the molecule is CCCOc1ccc(Cl)cc1/C=C(\C#N)C(=O)Nc1ccc(OCc2ccccc2Cl)cc1. The van der Waals surface area contributed by atoms with Gasteiger partial charge in [-0.3, -0.25) is 4.79 Å². The molecule has 0 aliphatic heterocycles. The van der Waals surface area contributed by atoms with Gasteiger partial charge >= 0.3 is 0 Å². The van der Waals surface area contributed by atoms with E-state index in [9.17, 15) is 10.1 Å². The molecule has 0 unspecified atom stereocenters. The molecule has 0 bridgehead atoms. The Kier molecular flexibility index (Phi) is 8.77. The van der Waals surface area contributed by atoms with Crippen LogP contribution in [-0.2, 0) is 11.4 Å². The highest BCUT2D eigenvalue weighted by molar-refractivity contribution is 6.31. The minimum Gasteiger partial charge on any atom is -0.493 e. The third-order valence-electron chi connectivity index (χ3n) is 4.56. The van der Waals surface area contributed by atoms with E-state index in [0.717, 1.165) is 12.0 Å². The van der Waals surface area contributed by atoms with E-state index in [4.69, 9.17) is 32.7 Å². The van der Waals surface area contributed by atoms with Crippen LogP contribution < -0.4 is 14.8 Å². The smallest absolute Gasteiger partial charge is 0.266 e. The number of nitrogens with zero attached hydrogens (tertiary/aromatic N) is 1. The molecule has 33 heavy (non-hydrogen) atoms. The van der Waals surface area contributed by atoms with E-state index in [-0.39, 0.29) is 5.57 Å². The van der Waals surface area contributed by atoms with E-state index in [1.54, 1.807) is 42.5 Å². The summed E-state index contributed by atoms with van der Waals surface area (Å²) in [6, 6.07) is 21.3. The largest absolute Gasteiger partial charge is 0.493 e. The zero-order valence-corrected chi connectivity index (χ0v) is 19.5. The lowest BCUT2D eigenvalue weighted by atomic mass is 10.1. The van der Waals surface area contributed by atoms with Crippen molar-refractivity contribution in [2.45, 2.75) is 20.0 Å². The minimum absolute atomic E-state index is 0.0716. The van der Waals surface area contributed by atoms with E-state index in [0.29, 0.717) is 46.0 Å². The fourth-order valence-corrected chi connectivity index (χ4v) is 3.26. The van der Waals surface area contributed by atoms with Crippen LogP contribution in [0.1, 0.15) is 24.5 Å². The number of hydrogen-bond acceptors (Lipinski definition) is 4. The molecule has 7 heteroatoms. The van der Waals surface area contributed by atoms with Gasteiger partial charge < -0.3 is 14.8 Å². The number of halogens is 2. The average Bonchev–Trinajstić information content (AvgIpc) is 2.82. The first kappa shape index (κ1) is 24.2. The Morgan fingerprint density at radius 3 is 2.52 bits per heavy atom. The Bertz CT molecular complexity index is 1180. The Balaban J connectivity index is 1.68. The van der Waals surface area contributed by atoms with Crippen LogP contribution in [0.4, 0.5) is 5.69 Å². The standard InChI is InChI=1S/C26H22Cl2N2O3/c1-2-13-32-25-12-7-21(27)15-19(25)14-20(16-29)26(31)30-22-8-10-23(11-9-22)33-17-18-5-3-4-6-24(18)28/h3-12,14-15H,2,13,17H2,1H3,(H,30,31)/b20-14+. The number of amides is 1. The predicted molar refractivity (Wildman–Crippen MR) is 132 cm³/mol. The molecular formula is C26H22Cl2N2O3. The quantitative estimate of drug-likeness (QED) is 0.266. The lowest BCUT2D eigenvalue weighted by Gasteiger charge is -2.10. The summed E-state index contributed by atoms with van der Waals surface area (Å²) >= 11 is 12.2. The monoisotopic (exact) mass is 480 g/mol. The van der Waals surface area contributed by atoms with Crippen LogP contribution in [0, 0.1) is 11.3 Å². The summed E-state index contributed by atoms with van der Waals surface area (Å²) in [6.07, 6.45) is 2.29. The lowest BCUT2D eigenvalue weighted by molar-refractivity contribution is -0.112. The summed E-state index contributed by atoms with van der Waals surface area (Å²) in [7, 11) is 0. The number of carbonyl (C=O) groups is 1. The van der Waals surface area contributed by atoms with Crippen LogP contribution in [0.5, 0.6) is 11.5 Å². The van der Waals surface area contributed by atoms with E-state index < -0.39 is 5.91 Å². The molecular weight excluding hydrogens is 459 g/mol. The van der Waals surface area contributed by atoms with Crippen LogP contribution in [0.15, 0.2) is 72.3 Å². The normalized spacial score (nSPS) is 10.9. The minimum atomic E-state index is -0.538. The van der Waals surface area contributed by atoms with Crippen LogP contribution in [-0.4, -0.2) is 12.5 Å². The summed E-state index contributed by atoms with van der Waals surface area (Å²) in [5, 5.41) is 13.4. The summed E-state index contributed by atoms with van der Waals surface area (Å²) in [5.74, 6) is 0.645. The predicted octanol–water partition coefficient (Wildman–Crippen LogP) is 6.91. The number of rotatable bonds is 9. The fraction of sp³-hybridized carbons (Fsp3) is 0.154. The van der Waals surface area contributed by atoms with Gasteiger partial charge in [-0.05, 0) is 61.0 Å². The van der Waals surface area contributed by atoms with E-state index in [1.807, 2.05) is 37.3 Å². The Morgan fingerprint density at radius 1 is 1.06 bits per heavy atom. The molecule has 0 radical (unpaired) electrons. The fourth-order valence-electron chi connectivity index (χ4n) is 2.89. The molecule has 0 aliphatic carbocycles. The zero-order chi connectivity index (χ0) is 23.6. The van der Waals surface area contributed by atoms with Gasteiger partial charge in [0, 0.05) is 26.9 Å². The Morgan fingerprint density at radius 2 is 1.82 bits per heavy atom. The molecule has 1 N–H and O–H groups in total. The van der Waals surface area contributed by atoms with Gasteiger partial charge in [-0.2, -0.15) is 5.26 Å². The van der Waals surface area contributed by atoms with Crippen molar-refractivity contribution in [1.82, 2.24) is 0 Å². The lowest BCUT2D eigenvalue weighted by Crippen LogP contribution is -2.13. The van der Waals surface area contributed by atoms with Crippen molar-refractivity contribution in [2.24, 2.45) is 0 Å². The molecule has 0 heterocycles. The van der Waals surface area contributed by atoms with Gasteiger partial charge in [0.15, 0.2) is 0 Å². The van der Waals surface area contributed by atoms with Crippen molar-refractivity contribution >= 4 is 40.9 Å². The molecule has 168 valence electrons. The van der Waals surface area contributed by atoms with Gasteiger partial charge in [0.25, 0.3) is 5.91 Å². The maximum atomic E-state index is 12.7. The molecule has 0 saturated carbocycles. The van der Waals surface area contributed by atoms with Crippen LogP contribution >= 0.6 is 23.2 Å². The highest BCUT2D eigenvalue weighted by atomic mass is 35.5. The number of nitrogens with one attached hydrogen (secondary N) is 1. The van der Waals surface area contributed by atoms with Crippen molar-refractivity contribution in [3.8, 4) is 17.6 Å². The maximum Gasteiger partial charge on any atom is 0.266 e. The van der Waals surface area contributed by atoms with E-state index in [2.05, 4.69) is 5.32 Å². The first-order valence-electron chi connectivity index (χ1n) is 10.3. The van der Waals surface area contributed by atoms with Crippen molar-refractivity contribution in [2.75, 3.05) is 11.9 Å². The van der Waals surface area contributed by atoms with Crippen LogP contribution in [0.25, 0.3) is 6.08 Å². The molecule has 0 saturated heterocycles. The van der Waals surface area contributed by atoms with Crippen molar-refractivity contribution < 1.29 is 14.3 Å². The van der Waals surface area contributed by atoms with Gasteiger partial charge in [0.1, 0.15) is 29.7 Å². The summed E-state index contributed by atoms with van der Waals surface area (Å²) in [5.41, 5.74) is 1.90. The molecule has 3 aromatic carbocycles. The Labute approximate surface area is 203 Å². The maximum absolute atomic E-state index is 12.7. The highest BCUT2D eigenvalue weighted by Crippen LogP contribution is 2.26. The molecule has 0 aromatic heterocycles. The van der Waals surface area contributed by atoms with Crippen molar-refractivity contribution in [3.63, 3.8) is 0 Å². The second-order valence-electron chi connectivity index (χ2n) is 7.06. The molecule has 0 spiro atoms. The zero-order valence-electron chi connectivity index (χ0n) is 18.0. The summed E-state index contributed by atoms with van der Waals surface area (Å²) in [6.45, 7) is 2.84. The molecule has 3 rings (SSSR count). The topological polar surface area (TPSA) is 71.3 Å². The third-order valence-corrected chi connectivity index (χ3v) is 5.17. The molecule has 0 aliphatic rings. The van der Waals surface area contributed by atoms with Crippen molar-refractivity contribution in [1.29, 1.82) is 5.26 Å². The van der Waals surface area contributed by atoms with Gasteiger partial charge in [-0.25, -0.2) is 0 Å². The number of nitriles is 1. The van der Waals surface area contributed by atoms with E-state index >= 15 is 0 Å². The Hall–Kier alpha value is -3.46. The van der Waals surface area contributed by atoms with Gasteiger partial charge in [-0.15, -0.1) is 0 Å². The van der Waals surface area contributed by atoms with Crippen LogP contribution in [0.2, 0.25) is 10.0 Å². The highest BCUT2D eigenvalue weighted by Gasteiger charge is 2.12.